The Hall–Kier alpha value is -2.50. The Kier molecular flexibility index (Phi) is 5.79. The van der Waals surface area contributed by atoms with Crippen molar-refractivity contribution in [2.75, 3.05) is 37.7 Å². The monoisotopic (exact) mass is 429 g/mol. The molecule has 0 N–H and O–H groups in total. The van der Waals surface area contributed by atoms with E-state index in [2.05, 4.69) is 24.0 Å². The van der Waals surface area contributed by atoms with Crippen molar-refractivity contribution in [3.63, 3.8) is 0 Å². The molecule has 0 spiro atoms. The first-order valence-corrected chi connectivity index (χ1v) is 10.2. The number of carbonyl (C=O) groups is 1. The first-order chi connectivity index (χ1) is 14.0. The Morgan fingerprint density at radius 3 is 2.62 bits per heavy atom. The van der Waals surface area contributed by atoms with Crippen molar-refractivity contribution < 1.29 is 9.53 Å². The van der Waals surface area contributed by atoms with Crippen LogP contribution in [0.1, 0.15) is 5.56 Å². The van der Waals surface area contributed by atoms with Crippen molar-refractivity contribution >= 4 is 45.8 Å². The van der Waals surface area contributed by atoms with Crippen LogP contribution in [-0.2, 0) is 4.79 Å². The summed E-state index contributed by atoms with van der Waals surface area (Å²) < 4.78 is 5.57. The van der Waals surface area contributed by atoms with E-state index < -0.39 is 0 Å². The van der Waals surface area contributed by atoms with Crippen molar-refractivity contribution in [1.82, 2.24) is 9.88 Å². The smallest absolute Gasteiger partial charge is 0.260 e. The molecule has 150 valence electrons. The summed E-state index contributed by atoms with van der Waals surface area (Å²) in [5.41, 5.74) is 2.20. The third kappa shape index (κ3) is 4.41. The normalized spacial score (nSPS) is 14.3. The molecule has 1 aliphatic heterocycles. The van der Waals surface area contributed by atoms with Gasteiger partial charge in [0.25, 0.3) is 5.91 Å². The number of aromatic nitrogens is 1. The van der Waals surface area contributed by atoms with E-state index in [9.17, 15) is 4.79 Å². The van der Waals surface area contributed by atoms with Crippen LogP contribution in [0, 0.1) is 6.92 Å². The SMILES string of the molecule is Cc1cc(N2CCN(C(=O)COc3cc(Cl)ccc3Cl)CC2)nc2ccccc12. The number of amides is 1. The van der Waals surface area contributed by atoms with Gasteiger partial charge in [-0.15, -0.1) is 0 Å². The standard InChI is InChI=1S/C22H21Cl2N3O2/c1-15-12-21(25-19-5-3-2-4-17(15)19)26-8-10-27(11-9-26)22(28)14-29-20-13-16(23)6-7-18(20)24/h2-7,12-13H,8-11,14H2,1H3. The first-order valence-electron chi connectivity index (χ1n) is 9.48. The molecular weight excluding hydrogens is 409 g/mol. The van der Waals surface area contributed by atoms with Crippen LogP contribution in [0.5, 0.6) is 5.75 Å². The summed E-state index contributed by atoms with van der Waals surface area (Å²) in [6.45, 7) is 4.75. The number of pyridine rings is 1. The average Bonchev–Trinajstić information content (AvgIpc) is 2.74. The fourth-order valence-corrected chi connectivity index (χ4v) is 3.83. The van der Waals surface area contributed by atoms with Crippen LogP contribution in [0.4, 0.5) is 5.82 Å². The largest absolute Gasteiger partial charge is 0.482 e. The molecule has 1 amide bonds. The lowest BCUT2D eigenvalue weighted by molar-refractivity contribution is -0.133. The van der Waals surface area contributed by atoms with E-state index in [1.54, 1.807) is 18.2 Å². The van der Waals surface area contributed by atoms with E-state index in [0.717, 1.165) is 24.4 Å². The number of benzene rings is 2. The van der Waals surface area contributed by atoms with E-state index in [1.807, 2.05) is 23.1 Å². The number of nitrogens with zero attached hydrogens (tertiary/aromatic N) is 3. The maximum Gasteiger partial charge on any atom is 0.260 e. The molecule has 4 rings (SSSR count). The van der Waals surface area contributed by atoms with Gasteiger partial charge in [-0.2, -0.15) is 0 Å². The minimum atomic E-state index is -0.0663. The number of carbonyl (C=O) groups excluding carboxylic acids is 1. The van der Waals surface area contributed by atoms with E-state index in [-0.39, 0.29) is 12.5 Å². The van der Waals surface area contributed by atoms with Crippen molar-refractivity contribution in [2.24, 2.45) is 0 Å². The third-order valence-corrected chi connectivity index (χ3v) is 5.66. The summed E-state index contributed by atoms with van der Waals surface area (Å²) in [7, 11) is 0. The van der Waals surface area contributed by atoms with Crippen molar-refractivity contribution in [3.05, 3.63) is 64.1 Å². The molecule has 3 aromatic rings. The lowest BCUT2D eigenvalue weighted by atomic mass is 10.1. The maximum atomic E-state index is 12.5. The zero-order valence-corrected chi connectivity index (χ0v) is 17.6. The summed E-state index contributed by atoms with van der Waals surface area (Å²) in [4.78, 5) is 21.4. The number of ether oxygens (including phenoxy) is 1. The molecule has 2 heterocycles. The number of piperazine rings is 1. The number of halogens is 2. The quantitative estimate of drug-likeness (QED) is 0.608. The number of rotatable bonds is 4. The van der Waals surface area contributed by atoms with E-state index in [1.165, 1.54) is 10.9 Å². The Morgan fingerprint density at radius 1 is 1.07 bits per heavy atom. The minimum absolute atomic E-state index is 0.0621. The van der Waals surface area contributed by atoms with Gasteiger partial charge in [0.1, 0.15) is 11.6 Å². The number of fused-ring (bicyclic) bond motifs is 1. The van der Waals surface area contributed by atoms with Gasteiger partial charge in [0.15, 0.2) is 6.61 Å². The van der Waals surface area contributed by atoms with Crippen LogP contribution in [0.25, 0.3) is 10.9 Å². The van der Waals surface area contributed by atoms with Gasteiger partial charge in [0.2, 0.25) is 0 Å². The van der Waals surface area contributed by atoms with E-state index >= 15 is 0 Å². The number of aryl methyl sites for hydroxylation is 1. The van der Waals surface area contributed by atoms with Gasteiger partial charge in [-0.25, -0.2) is 4.98 Å². The predicted octanol–water partition coefficient (Wildman–Crippen LogP) is 4.58. The van der Waals surface area contributed by atoms with Gasteiger partial charge in [-0.3, -0.25) is 4.79 Å². The molecule has 1 aliphatic rings. The van der Waals surface area contributed by atoms with E-state index in [0.29, 0.717) is 28.9 Å². The number of anilines is 1. The zero-order valence-electron chi connectivity index (χ0n) is 16.1. The minimum Gasteiger partial charge on any atom is -0.482 e. The molecule has 0 aliphatic carbocycles. The molecule has 7 heteroatoms. The highest BCUT2D eigenvalue weighted by Gasteiger charge is 2.23. The Balaban J connectivity index is 1.36. The summed E-state index contributed by atoms with van der Waals surface area (Å²) >= 11 is 12.0. The average molecular weight is 430 g/mol. The van der Waals surface area contributed by atoms with Gasteiger partial charge >= 0.3 is 0 Å². The summed E-state index contributed by atoms with van der Waals surface area (Å²) in [5, 5.41) is 2.12. The number of para-hydroxylation sites is 1. The number of hydrogen-bond acceptors (Lipinski definition) is 4. The predicted molar refractivity (Wildman–Crippen MR) is 117 cm³/mol. The Bertz CT molecular complexity index is 1050. The lowest BCUT2D eigenvalue weighted by Gasteiger charge is -2.35. The van der Waals surface area contributed by atoms with Gasteiger partial charge in [0, 0.05) is 42.7 Å². The molecule has 29 heavy (non-hydrogen) atoms. The summed E-state index contributed by atoms with van der Waals surface area (Å²) in [6, 6.07) is 15.2. The van der Waals surface area contributed by atoms with E-state index in [4.69, 9.17) is 32.9 Å². The zero-order chi connectivity index (χ0) is 20.4. The molecule has 0 saturated carbocycles. The Labute approximate surface area is 179 Å². The highest BCUT2D eigenvalue weighted by atomic mass is 35.5. The fraction of sp³-hybridized carbons (Fsp3) is 0.273. The van der Waals surface area contributed by atoms with Crippen LogP contribution in [0.15, 0.2) is 48.5 Å². The first kappa shape index (κ1) is 19.8. The molecule has 1 aromatic heterocycles. The molecule has 0 atom stereocenters. The molecule has 0 bridgehead atoms. The summed E-state index contributed by atoms with van der Waals surface area (Å²) in [6.07, 6.45) is 0. The van der Waals surface area contributed by atoms with Crippen LogP contribution in [0.2, 0.25) is 10.0 Å². The van der Waals surface area contributed by atoms with Gasteiger partial charge in [-0.05, 0) is 36.8 Å². The van der Waals surface area contributed by atoms with Crippen LogP contribution in [-0.4, -0.2) is 48.6 Å². The van der Waals surface area contributed by atoms with Gasteiger partial charge < -0.3 is 14.5 Å². The second kappa shape index (κ2) is 8.47. The van der Waals surface area contributed by atoms with Crippen molar-refractivity contribution in [3.8, 4) is 5.75 Å². The molecule has 0 unspecified atom stereocenters. The summed E-state index contributed by atoms with van der Waals surface area (Å²) in [5.74, 6) is 1.31. The lowest BCUT2D eigenvalue weighted by Crippen LogP contribution is -2.50. The van der Waals surface area contributed by atoms with Crippen LogP contribution < -0.4 is 9.64 Å². The highest BCUT2D eigenvalue weighted by Crippen LogP contribution is 2.28. The molecule has 0 radical (unpaired) electrons. The van der Waals surface area contributed by atoms with Crippen LogP contribution in [0.3, 0.4) is 0 Å². The topological polar surface area (TPSA) is 45.7 Å². The second-order valence-corrected chi connectivity index (χ2v) is 7.89. The van der Waals surface area contributed by atoms with Gasteiger partial charge in [-0.1, -0.05) is 41.4 Å². The third-order valence-electron chi connectivity index (χ3n) is 5.11. The highest BCUT2D eigenvalue weighted by molar-refractivity contribution is 6.34. The van der Waals surface area contributed by atoms with Crippen LogP contribution >= 0.6 is 23.2 Å². The maximum absolute atomic E-state index is 12.5. The van der Waals surface area contributed by atoms with Crippen molar-refractivity contribution in [1.29, 1.82) is 0 Å². The fourth-order valence-electron chi connectivity index (χ4n) is 3.50. The molecule has 2 aromatic carbocycles. The molecule has 5 nitrogen and oxygen atoms in total. The Morgan fingerprint density at radius 2 is 1.83 bits per heavy atom. The molecule has 1 saturated heterocycles. The van der Waals surface area contributed by atoms with Crippen molar-refractivity contribution in [2.45, 2.75) is 6.92 Å². The van der Waals surface area contributed by atoms with Gasteiger partial charge in [0.05, 0.1) is 10.5 Å². The second-order valence-electron chi connectivity index (χ2n) is 7.05. The number of hydrogen-bond donors (Lipinski definition) is 0. The molecular formula is C22H21Cl2N3O2. The molecule has 1 fully saturated rings.